The molecule has 37 heavy (non-hydrogen) atoms. The Balaban J connectivity index is 0.00000156. The van der Waals surface area contributed by atoms with Crippen LogP contribution in [-0.4, -0.2) is 51.1 Å². The van der Waals surface area contributed by atoms with Crippen LogP contribution in [0, 0.1) is 0 Å². The van der Waals surface area contributed by atoms with Crippen LogP contribution in [0.15, 0.2) is 65.9 Å². The van der Waals surface area contributed by atoms with Crippen LogP contribution in [-0.2, 0) is 34.0 Å². The highest BCUT2D eigenvalue weighted by Crippen LogP contribution is 2.24. The maximum absolute atomic E-state index is 13.3. The quantitative estimate of drug-likeness (QED) is 0.246. The molecule has 0 aliphatic carbocycles. The van der Waals surface area contributed by atoms with Gasteiger partial charge in [0.25, 0.3) is 0 Å². The lowest BCUT2D eigenvalue weighted by Gasteiger charge is -2.20. The monoisotopic (exact) mass is 565 g/mol. The first-order valence-corrected chi connectivity index (χ1v) is 12.6. The number of halogens is 1. The molecule has 1 aliphatic heterocycles. The van der Waals surface area contributed by atoms with E-state index in [1.54, 1.807) is 0 Å². The highest BCUT2D eigenvalue weighted by Gasteiger charge is 2.25. The number of nitrogens with one attached hydrogen (secondary N) is 3. The van der Waals surface area contributed by atoms with Gasteiger partial charge >= 0.3 is 0 Å². The molecule has 3 heterocycles. The number of oxime groups is 1. The van der Waals surface area contributed by atoms with E-state index < -0.39 is 6.04 Å². The van der Waals surface area contributed by atoms with Gasteiger partial charge in [-0.25, -0.2) is 0 Å². The first-order chi connectivity index (χ1) is 18.1. The van der Waals surface area contributed by atoms with Crippen molar-refractivity contribution in [1.82, 2.24) is 20.6 Å². The van der Waals surface area contributed by atoms with Crippen molar-refractivity contribution < 1.29 is 19.5 Å². The van der Waals surface area contributed by atoms with E-state index in [2.05, 4.69) is 47.8 Å². The van der Waals surface area contributed by atoms with Crippen LogP contribution in [0.5, 0.6) is 0 Å². The smallest absolute Gasteiger partial charge is 0.237 e. The Bertz CT molecular complexity index is 1410. The molecule has 5 rings (SSSR count). The molecule has 0 fully saturated rings. The van der Waals surface area contributed by atoms with E-state index in [9.17, 15) is 9.90 Å². The zero-order chi connectivity index (χ0) is 26.2. The van der Waals surface area contributed by atoms with Gasteiger partial charge in [0.15, 0.2) is 6.10 Å². The third kappa shape index (κ3) is 6.40. The fourth-order valence-electron chi connectivity index (χ4n) is 4.38. The predicted molar refractivity (Wildman–Crippen MR) is 146 cm³/mol. The van der Waals surface area contributed by atoms with Crippen LogP contribution in [0.2, 0.25) is 0 Å². The molecule has 0 spiro atoms. The van der Waals surface area contributed by atoms with Crippen LogP contribution in [0.1, 0.15) is 23.2 Å². The molecule has 9 nitrogen and oxygen atoms in total. The first-order valence-electron chi connectivity index (χ1n) is 11.8. The fourth-order valence-corrected chi connectivity index (χ4v) is 4.83. The third-order valence-corrected chi connectivity index (χ3v) is 6.65. The summed E-state index contributed by atoms with van der Waals surface area (Å²) in [7, 11) is 0. The zero-order valence-electron chi connectivity index (χ0n) is 20.1. The molecule has 2 aromatic heterocycles. The average Bonchev–Trinajstić information content (AvgIpc) is 3.53. The number of rotatable bonds is 9. The van der Waals surface area contributed by atoms with Crippen LogP contribution in [0.4, 0.5) is 0 Å². The summed E-state index contributed by atoms with van der Waals surface area (Å²) in [4.78, 5) is 34.4. The molecule has 2 atom stereocenters. The van der Waals surface area contributed by atoms with Crippen molar-refractivity contribution in [1.29, 1.82) is 0 Å². The molecule has 0 saturated carbocycles. The third-order valence-electron chi connectivity index (χ3n) is 6.19. The van der Waals surface area contributed by atoms with E-state index in [0.29, 0.717) is 25.9 Å². The standard InChI is InChI=1S/C26H26BrN5O3.CH2O/c27-25-10-18(35-32-25)14-30-26(34)23(11-20-19-6-2-4-8-22(19)31-24(20)15-33)29-13-16-9-17-5-1-3-7-21(17)28-12-16;1-2/h1-9,12,18,23,29,31,33H,10-11,13-15H2,(H,30,34);1H2. The molecule has 0 radical (unpaired) electrons. The number of carbonyl (C=O) groups excluding carboxylic acids is 2. The molecule has 0 bridgehead atoms. The van der Waals surface area contributed by atoms with Gasteiger partial charge < -0.3 is 30.4 Å². The van der Waals surface area contributed by atoms with Crippen LogP contribution in [0.25, 0.3) is 21.8 Å². The molecule has 1 amide bonds. The summed E-state index contributed by atoms with van der Waals surface area (Å²) in [6, 6.07) is 17.4. The van der Waals surface area contributed by atoms with Gasteiger partial charge in [-0.15, -0.1) is 0 Å². The Morgan fingerprint density at radius 1 is 1.22 bits per heavy atom. The maximum atomic E-state index is 13.3. The van der Waals surface area contributed by atoms with E-state index >= 15 is 0 Å². The number of hydrogen-bond acceptors (Lipinski definition) is 7. The van der Waals surface area contributed by atoms with Gasteiger partial charge in [0, 0.05) is 41.1 Å². The minimum Gasteiger partial charge on any atom is -0.390 e. The molecular weight excluding hydrogens is 538 g/mol. The summed E-state index contributed by atoms with van der Waals surface area (Å²) in [6.45, 7) is 2.70. The number of aromatic nitrogens is 2. The number of pyridine rings is 1. The molecule has 0 saturated heterocycles. The lowest BCUT2D eigenvalue weighted by atomic mass is 10.0. The largest absolute Gasteiger partial charge is 0.390 e. The second-order valence-electron chi connectivity index (χ2n) is 8.60. The Morgan fingerprint density at radius 3 is 2.78 bits per heavy atom. The Kier molecular flexibility index (Phi) is 8.99. The number of hydrogen-bond donors (Lipinski definition) is 4. The topological polar surface area (TPSA) is 129 Å². The number of carbonyl (C=O) groups is 2. The van der Waals surface area contributed by atoms with Crippen molar-refractivity contribution in [2.24, 2.45) is 5.16 Å². The number of fused-ring (bicyclic) bond motifs is 2. The number of H-pyrrole nitrogens is 1. The highest BCUT2D eigenvalue weighted by molar-refractivity contribution is 9.18. The molecular formula is C27H28BrN5O4. The van der Waals surface area contributed by atoms with Gasteiger partial charge in [0.1, 0.15) is 11.4 Å². The second kappa shape index (κ2) is 12.6. The number of aliphatic hydroxyl groups excluding tert-OH is 1. The Labute approximate surface area is 222 Å². The van der Waals surface area contributed by atoms with Crippen molar-refractivity contribution in [2.75, 3.05) is 6.54 Å². The average molecular weight is 566 g/mol. The zero-order valence-corrected chi connectivity index (χ0v) is 21.7. The van der Waals surface area contributed by atoms with E-state index in [0.717, 1.165) is 43.2 Å². The molecule has 10 heteroatoms. The Morgan fingerprint density at radius 2 is 2.00 bits per heavy atom. The number of para-hydroxylation sites is 2. The lowest BCUT2D eigenvalue weighted by Crippen LogP contribution is -2.47. The number of amides is 1. The summed E-state index contributed by atoms with van der Waals surface area (Å²) >= 11 is 3.33. The van der Waals surface area contributed by atoms with E-state index in [4.69, 9.17) is 9.63 Å². The summed E-state index contributed by atoms with van der Waals surface area (Å²) in [5.41, 5.74) is 4.50. The van der Waals surface area contributed by atoms with Crippen LogP contribution >= 0.6 is 15.9 Å². The highest BCUT2D eigenvalue weighted by atomic mass is 79.9. The summed E-state index contributed by atoms with van der Waals surface area (Å²) in [5, 5.41) is 22.3. The van der Waals surface area contributed by atoms with Crippen molar-refractivity contribution >= 4 is 55.1 Å². The van der Waals surface area contributed by atoms with Gasteiger partial charge in [-0.1, -0.05) is 41.6 Å². The van der Waals surface area contributed by atoms with Gasteiger partial charge in [0.2, 0.25) is 5.91 Å². The number of benzene rings is 2. The van der Waals surface area contributed by atoms with Gasteiger partial charge in [-0.05, 0) is 51.7 Å². The van der Waals surface area contributed by atoms with E-state index in [1.807, 2.05) is 61.5 Å². The summed E-state index contributed by atoms with van der Waals surface area (Å²) in [6.07, 6.45) is 2.67. The van der Waals surface area contributed by atoms with Crippen molar-refractivity contribution in [3.05, 3.63) is 77.6 Å². The number of aliphatic hydroxyl groups is 1. The van der Waals surface area contributed by atoms with Crippen LogP contribution in [0.3, 0.4) is 0 Å². The molecule has 2 unspecified atom stereocenters. The second-order valence-corrected chi connectivity index (χ2v) is 9.52. The van der Waals surface area contributed by atoms with Crippen molar-refractivity contribution in [2.45, 2.75) is 38.1 Å². The minimum absolute atomic E-state index is 0.131. The minimum atomic E-state index is -0.531. The summed E-state index contributed by atoms with van der Waals surface area (Å²) < 4.78 is 0.738. The molecule has 2 aromatic carbocycles. The van der Waals surface area contributed by atoms with E-state index in [1.165, 1.54) is 0 Å². The summed E-state index contributed by atoms with van der Waals surface area (Å²) in [5.74, 6) is -0.139. The van der Waals surface area contributed by atoms with E-state index in [-0.39, 0.29) is 18.6 Å². The lowest BCUT2D eigenvalue weighted by molar-refractivity contribution is -0.123. The number of nitrogens with zero attached hydrogens (tertiary/aromatic N) is 2. The predicted octanol–water partition coefficient (Wildman–Crippen LogP) is 3.34. The van der Waals surface area contributed by atoms with Gasteiger partial charge in [-0.3, -0.25) is 9.78 Å². The molecule has 192 valence electrons. The Hall–Kier alpha value is -3.60. The normalized spacial score (nSPS) is 15.5. The number of aromatic amines is 1. The molecule has 4 aromatic rings. The molecule has 4 N–H and O–H groups in total. The maximum Gasteiger partial charge on any atom is 0.237 e. The van der Waals surface area contributed by atoms with Gasteiger partial charge in [0.05, 0.1) is 24.7 Å². The van der Waals surface area contributed by atoms with Crippen molar-refractivity contribution in [3.8, 4) is 0 Å². The molecule has 1 aliphatic rings. The first kappa shape index (κ1) is 26.5. The van der Waals surface area contributed by atoms with Gasteiger partial charge in [-0.2, -0.15) is 0 Å². The van der Waals surface area contributed by atoms with Crippen molar-refractivity contribution in [3.63, 3.8) is 0 Å². The SMILES string of the molecule is C=O.O=C(NCC1CC(Br)=NO1)C(Cc1c(CO)[nH]c2ccccc12)NCc1cnc2ccccc2c1. The fraction of sp³-hybridized carbons (Fsp3) is 0.259. The van der Waals surface area contributed by atoms with Crippen LogP contribution < -0.4 is 10.6 Å².